The number of esters is 1. The Morgan fingerprint density at radius 2 is 1.76 bits per heavy atom. The van der Waals surface area contributed by atoms with Gasteiger partial charge in [-0.3, -0.25) is 4.79 Å². The van der Waals surface area contributed by atoms with Crippen LogP contribution in [0.4, 0.5) is 4.79 Å². The van der Waals surface area contributed by atoms with Crippen molar-refractivity contribution in [3.05, 3.63) is 0 Å². The summed E-state index contributed by atoms with van der Waals surface area (Å²) in [6.07, 6.45) is 1.70. The molecule has 0 aromatic heterocycles. The van der Waals surface area contributed by atoms with Crippen LogP contribution in [0.15, 0.2) is 0 Å². The third kappa shape index (κ3) is 13.4. The van der Waals surface area contributed by atoms with Crippen LogP contribution in [-0.2, 0) is 14.3 Å². The number of ether oxygens (including phenoxy) is 2. The average molecular weight is 302 g/mol. The Hall–Kier alpha value is -1.30. The van der Waals surface area contributed by atoms with Gasteiger partial charge >= 0.3 is 12.1 Å². The summed E-state index contributed by atoms with van der Waals surface area (Å²) in [7, 11) is 2.00. The number of carbonyl (C=O) groups is 2. The minimum absolute atomic E-state index is 0.141. The largest absolute Gasteiger partial charge is 0.466 e. The SMILES string of the molecule is CCOC(=O)CCCN(C)CCCNC(=O)OC(C)(C)C. The van der Waals surface area contributed by atoms with Crippen molar-refractivity contribution in [1.82, 2.24) is 10.2 Å². The Balaban J connectivity index is 3.55. The van der Waals surface area contributed by atoms with Crippen molar-refractivity contribution in [2.24, 2.45) is 0 Å². The van der Waals surface area contributed by atoms with Crippen LogP contribution in [-0.4, -0.2) is 55.9 Å². The maximum atomic E-state index is 11.4. The maximum absolute atomic E-state index is 11.4. The predicted molar refractivity (Wildman–Crippen MR) is 82.2 cm³/mol. The van der Waals surface area contributed by atoms with E-state index in [2.05, 4.69) is 10.2 Å². The molecule has 0 atom stereocenters. The zero-order valence-electron chi connectivity index (χ0n) is 14.0. The van der Waals surface area contributed by atoms with Crippen molar-refractivity contribution in [1.29, 1.82) is 0 Å². The number of rotatable bonds is 9. The van der Waals surface area contributed by atoms with Crippen LogP contribution >= 0.6 is 0 Å². The minimum atomic E-state index is -0.464. The van der Waals surface area contributed by atoms with Crippen molar-refractivity contribution in [2.75, 3.05) is 33.3 Å². The van der Waals surface area contributed by atoms with Crippen molar-refractivity contribution < 1.29 is 19.1 Å². The zero-order valence-corrected chi connectivity index (χ0v) is 14.0. The summed E-state index contributed by atoms with van der Waals surface area (Å²) in [6, 6.07) is 0. The van der Waals surface area contributed by atoms with E-state index in [1.807, 2.05) is 34.7 Å². The minimum Gasteiger partial charge on any atom is -0.466 e. The van der Waals surface area contributed by atoms with Gasteiger partial charge in [-0.15, -0.1) is 0 Å². The molecule has 0 bridgehead atoms. The lowest BCUT2D eigenvalue weighted by atomic mass is 10.2. The third-order valence-corrected chi connectivity index (χ3v) is 2.61. The molecule has 0 saturated carbocycles. The van der Waals surface area contributed by atoms with Gasteiger partial charge in [0.25, 0.3) is 0 Å². The molecule has 124 valence electrons. The van der Waals surface area contributed by atoms with Gasteiger partial charge in [0.1, 0.15) is 5.60 Å². The summed E-state index contributed by atoms with van der Waals surface area (Å²) in [4.78, 5) is 24.7. The van der Waals surface area contributed by atoms with E-state index in [0.29, 0.717) is 19.6 Å². The van der Waals surface area contributed by atoms with E-state index in [4.69, 9.17) is 9.47 Å². The molecule has 6 heteroatoms. The summed E-state index contributed by atoms with van der Waals surface area (Å²) in [5.74, 6) is -0.141. The van der Waals surface area contributed by atoms with Gasteiger partial charge in [-0.2, -0.15) is 0 Å². The van der Waals surface area contributed by atoms with E-state index in [0.717, 1.165) is 25.9 Å². The van der Waals surface area contributed by atoms with Gasteiger partial charge in [-0.05, 0) is 60.7 Å². The summed E-state index contributed by atoms with van der Waals surface area (Å²) < 4.78 is 10.0. The molecule has 0 saturated heterocycles. The second-order valence-electron chi connectivity index (χ2n) is 5.99. The van der Waals surface area contributed by atoms with Crippen molar-refractivity contribution in [3.8, 4) is 0 Å². The van der Waals surface area contributed by atoms with E-state index in [1.165, 1.54) is 0 Å². The molecular formula is C15H30N2O4. The van der Waals surface area contributed by atoms with Crippen LogP contribution in [0, 0.1) is 0 Å². The molecule has 0 aliphatic heterocycles. The van der Waals surface area contributed by atoms with E-state index < -0.39 is 5.60 Å². The first-order valence-corrected chi connectivity index (χ1v) is 7.55. The summed E-state index contributed by atoms with van der Waals surface area (Å²) in [6.45, 7) is 10.0. The first kappa shape index (κ1) is 19.7. The Labute approximate surface area is 128 Å². The molecule has 0 aliphatic carbocycles. The fourth-order valence-electron chi connectivity index (χ4n) is 1.69. The smallest absolute Gasteiger partial charge is 0.407 e. The molecule has 0 aliphatic rings. The first-order chi connectivity index (χ1) is 9.74. The summed E-state index contributed by atoms with van der Waals surface area (Å²) >= 11 is 0. The lowest BCUT2D eigenvalue weighted by molar-refractivity contribution is -0.143. The third-order valence-electron chi connectivity index (χ3n) is 2.61. The van der Waals surface area contributed by atoms with Crippen LogP contribution in [0.5, 0.6) is 0 Å². The maximum Gasteiger partial charge on any atom is 0.407 e. The van der Waals surface area contributed by atoms with Gasteiger partial charge in [0, 0.05) is 13.0 Å². The van der Waals surface area contributed by atoms with Gasteiger partial charge < -0.3 is 19.7 Å². The van der Waals surface area contributed by atoms with Crippen LogP contribution in [0.2, 0.25) is 0 Å². The molecular weight excluding hydrogens is 272 g/mol. The number of hydrogen-bond acceptors (Lipinski definition) is 5. The van der Waals surface area contributed by atoms with Crippen molar-refractivity contribution >= 4 is 12.1 Å². The van der Waals surface area contributed by atoms with Crippen LogP contribution < -0.4 is 5.32 Å². The van der Waals surface area contributed by atoms with Crippen LogP contribution in [0.3, 0.4) is 0 Å². The quantitative estimate of drug-likeness (QED) is 0.522. The number of carbonyl (C=O) groups excluding carboxylic acids is 2. The van der Waals surface area contributed by atoms with E-state index >= 15 is 0 Å². The van der Waals surface area contributed by atoms with Gasteiger partial charge in [-0.1, -0.05) is 0 Å². The van der Waals surface area contributed by atoms with E-state index in [9.17, 15) is 9.59 Å². The molecule has 0 spiro atoms. The molecule has 21 heavy (non-hydrogen) atoms. The first-order valence-electron chi connectivity index (χ1n) is 7.55. The van der Waals surface area contributed by atoms with Gasteiger partial charge in [0.2, 0.25) is 0 Å². The lowest BCUT2D eigenvalue weighted by Gasteiger charge is -2.20. The Morgan fingerprint density at radius 1 is 1.14 bits per heavy atom. The second kappa shape index (κ2) is 10.4. The van der Waals surface area contributed by atoms with E-state index in [-0.39, 0.29) is 12.1 Å². The Kier molecular flexibility index (Phi) is 9.78. The predicted octanol–water partition coefficient (Wildman–Crippen LogP) is 2.18. The van der Waals surface area contributed by atoms with Gasteiger partial charge in [0.15, 0.2) is 0 Å². The molecule has 1 N–H and O–H groups in total. The summed E-state index contributed by atoms with van der Waals surface area (Å²) in [5.41, 5.74) is -0.464. The lowest BCUT2D eigenvalue weighted by Crippen LogP contribution is -2.34. The van der Waals surface area contributed by atoms with Crippen LogP contribution in [0.25, 0.3) is 0 Å². The molecule has 0 rings (SSSR count). The fraction of sp³-hybridized carbons (Fsp3) is 0.867. The summed E-state index contributed by atoms with van der Waals surface area (Å²) in [5, 5.41) is 2.72. The second-order valence-corrected chi connectivity index (χ2v) is 5.99. The Bertz CT molecular complexity index is 313. The Morgan fingerprint density at radius 3 is 2.33 bits per heavy atom. The standard InChI is InChI=1S/C15H30N2O4/c1-6-20-13(18)9-7-11-17(5)12-8-10-16-14(19)21-15(2,3)4/h6-12H2,1-5H3,(H,16,19). The molecule has 6 nitrogen and oxygen atoms in total. The number of nitrogens with one attached hydrogen (secondary N) is 1. The molecule has 0 heterocycles. The molecule has 0 aromatic rings. The van der Waals surface area contributed by atoms with Crippen molar-refractivity contribution in [3.63, 3.8) is 0 Å². The molecule has 0 unspecified atom stereocenters. The molecule has 0 aromatic carbocycles. The molecule has 1 amide bonds. The highest BCUT2D eigenvalue weighted by atomic mass is 16.6. The molecule has 0 fully saturated rings. The molecule has 0 radical (unpaired) electrons. The van der Waals surface area contributed by atoms with Crippen molar-refractivity contribution in [2.45, 2.75) is 52.6 Å². The van der Waals surface area contributed by atoms with Gasteiger partial charge in [-0.25, -0.2) is 4.79 Å². The highest BCUT2D eigenvalue weighted by Gasteiger charge is 2.15. The van der Waals surface area contributed by atoms with E-state index in [1.54, 1.807) is 0 Å². The van der Waals surface area contributed by atoms with Crippen LogP contribution in [0.1, 0.15) is 47.0 Å². The number of nitrogens with zero attached hydrogens (tertiary/aromatic N) is 1. The average Bonchev–Trinajstić information content (AvgIpc) is 2.33. The number of amides is 1. The highest BCUT2D eigenvalue weighted by molar-refractivity contribution is 5.69. The fourth-order valence-corrected chi connectivity index (χ4v) is 1.69. The number of alkyl carbamates (subject to hydrolysis) is 1. The number of hydrogen-bond donors (Lipinski definition) is 1. The highest BCUT2D eigenvalue weighted by Crippen LogP contribution is 2.06. The van der Waals surface area contributed by atoms with Gasteiger partial charge in [0.05, 0.1) is 6.61 Å². The normalized spacial score (nSPS) is 11.3. The topological polar surface area (TPSA) is 67.9 Å². The monoisotopic (exact) mass is 302 g/mol. The zero-order chi connectivity index (χ0) is 16.3.